The van der Waals surface area contributed by atoms with Crippen LogP contribution in [0.3, 0.4) is 0 Å². The standard InChI is InChI=1S/C25H28N2O4/c1-17(2)19-4-6-22-21(12-19)20(13-25(28)31-22)15-27-9-7-26(8-10-27)14-18-3-5-23-24(11-18)30-16-29-23/h3-6,11-13,17H,7-10,14-16H2,1-2H3/p+2. The van der Waals surface area contributed by atoms with E-state index in [1.165, 1.54) is 16.0 Å². The molecule has 2 aliphatic heterocycles. The van der Waals surface area contributed by atoms with Gasteiger partial charge in [-0.15, -0.1) is 0 Å². The van der Waals surface area contributed by atoms with Gasteiger partial charge in [-0.25, -0.2) is 4.79 Å². The van der Waals surface area contributed by atoms with Gasteiger partial charge >= 0.3 is 5.63 Å². The number of ether oxygens (including phenoxy) is 2. The maximum absolute atomic E-state index is 12.1. The number of hydrogen-bond donors (Lipinski definition) is 2. The summed E-state index contributed by atoms with van der Waals surface area (Å²) in [7, 11) is 0. The van der Waals surface area contributed by atoms with Gasteiger partial charge in [-0.3, -0.25) is 0 Å². The lowest BCUT2D eigenvalue weighted by Gasteiger charge is -2.30. The Morgan fingerprint density at radius 1 is 0.871 bits per heavy atom. The predicted octanol–water partition coefficient (Wildman–Crippen LogP) is 1.13. The fourth-order valence-corrected chi connectivity index (χ4v) is 4.67. The first-order valence-electron chi connectivity index (χ1n) is 11.2. The van der Waals surface area contributed by atoms with E-state index in [2.05, 4.69) is 38.1 Å². The molecule has 2 N–H and O–H groups in total. The van der Waals surface area contributed by atoms with Gasteiger partial charge in [0.05, 0.1) is 0 Å². The van der Waals surface area contributed by atoms with Crippen molar-refractivity contribution in [1.29, 1.82) is 0 Å². The molecule has 0 atom stereocenters. The van der Waals surface area contributed by atoms with E-state index in [4.69, 9.17) is 13.9 Å². The zero-order valence-corrected chi connectivity index (χ0v) is 18.2. The summed E-state index contributed by atoms with van der Waals surface area (Å²) >= 11 is 0. The van der Waals surface area contributed by atoms with Crippen LogP contribution >= 0.6 is 0 Å². The van der Waals surface area contributed by atoms with Crippen LogP contribution in [0.4, 0.5) is 0 Å². The van der Waals surface area contributed by atoms with Crippen LogP contribution in [-0.2, 0) is 13.1 Å². The summed E-state index contributed by atoms with van der Waals surface area (Å²) in [6.45, 7) is 11.0. The average molecular weight is 423 g/mol. The van der Waals surface area contributed by atoms with E-state index < -0.39 is 0 Å². The highest BCUT2D eigenvalue weighted by Crippen LogP contribution is 2.32. The minimum Gasteiger partial charge on any atom is -0.454 e. The van der Waals surface area contributed by atoms with E-state index in [0.29, 0.717) is 18.3 Å². The van der Waals surface area contributed by atoms with Crippen LogP contribution in [0.5, 0.6) is 11.5 Å². The predicted molar refractivity (Wildman–Crippen MR) is 118 cm³/mol. The Hall–Kier alpha value is -2.83. The third-order valence-electron chi connectivity index (χ3n) is 6.51. The maximum atomic E-state index is 12.1. The van der Waals surface area contributed by atoms with Crippen LogP contribution in [0.2, 0.25) is 0 Å². The van der Waals surface area contributed by atoms with Crippen molar-refractivity contribution in [1.82, 2.24) is 0 Å². The number of rotatable bonds is 5. The Balaban J connectivity index is 1.26. The van der Waals surface area contributed by atoms with Crippen molar-refractivity contribution in [3.05, 3.63) is 69.6 Å². The van der Waals surface area contributed by atoms with Crippen LogP contribution < -0.4 is 24.9 Å². The number of quaternary nitrogens is 2. The lowest BCUT2D eigenvalue weighted by atomic mass is 9.99. The molecule has 0 unspecified atom stereocenters. The lowest BCUT2D eigenvalue weighted by Crippen LogP contribution is -3.27. The van der Waals surface area contributed by atoms with Crippen molar-refractivity contribution in [2.24, 2.45) is 0 Å². The molecule has 0 amide bonds. The van der Waals surface area contributed by atoms with Gasteiger partial charge in [-0.2, -0.15) is 0 Å². The fraction of sp³-hybridized carbons (Fsp3) is 0.400. The van der Waals surface area contributed by atoms with Crippen molar-refractivity contribution < 1.29 is 23.7 Å². The zero-order valence-electron chi connectivity index (χ0n) is 18.2. The highest BCUT2D eigenvalue weighted by Gasteiger charge is 2.25. The summed E-state index contributed by atoms with van der Waals surface area (Å²) in [4.78, 5) is 15.2. The van der Waals surface area contributed by atoms with E-state index in [-0.39, 0.29) is 5.63 Å². The molecule has 2 aromatic carbocycles. The SMILES string of the molecule is CC(C)c1ccc2oc(=O)cc(C[NH+]3CC[NH+](Cc4ccc5c(c4)OCO5)CC3)c2c1. The van der Waals surface area contributed by atoms with E-state index in [1.807, 2.05) is 12.1 Å². The molecule has 162 valence electrons. The first kappa shape index (κ1) is 20.1. The third-order valence-corrected chi connectivity index (χ3v) is 6.51. The molecule has 6 heteroatoms. The molecule has 0 aliphatic carbocycles. The topological polar surface area (TPSA) is 57.5 Å². The number of hydrogen-bond acceptors (Lipinski definition) is 4. The number of piperazine rings is 1. The first-order valence-corrected chi connectivity index (χ1v) is 11.2. The second kappa shape index (κ2) is 8.36. The van der Waals surface area contributed by atoms with Crippen molar-refractivity contribution in [2.75, 3.05) is 33.0 Å². The summed E-state index contributed by atoms with van der Waals surface area (Å²) in [5.41, 5.74) is 4.10. The van der Waals surface area contributed by atoms with Crippen LogP contribution in [0.1, 0.15) is 36.5 Å². The largest absolute Gasteiger partial charge is 0.454 e. The molecule has 0 bridgehead atoms. The second-order valence-electron chi connectivity index (χ2n) is 9.04. The molecule has 1 aromatic heterocycles. The molecular weight excluding hydrogens is 392 g/mol. The smallest absolute Gasteiger partial charge is 0.336 e. The summed E-state index contributed by atoms with van der Waals surface area (Å²) in [6, 6.07) is 14.1. The normalized spacial score (nSPS) is 20.5. The molecule has 3 heterocycles. The van der Waals surface area contributed by atoms with Gasteiger partial charge in [0.25, 0.3) is 0 Å². The molecule has 0 saturated carbocycles. The zero-order chi connectivity index (χ0) is 21.4. The van der Waals surface area contributed by atoms with Gasteiger partial charge in [0.1, 0.15) is 44.9 Å². The Kier molecular flexibility index (Phi) is 5.42. The molecule has 1 saturated heterocycles. The molecule has 1 fully saturated rings. The van der Waals surface area contributed by atoms with Crippen LogP contribution in [0, 0.1) is 0 Å². The molecule has 3 aromatic rings. The van der Waals surface area contributed by atoms with Gasteiger partial charge in [-0.1, -0.05) is 19.9 Å². The fourth-order valence-electron chi connectivity index (χ4n) is 4.67. The second-order valence-corrected chi connectivity index (χ2v) is 9.04. The third kappa shape index (κ3) is 4.31. The maximum Gasteiger partial charge on any atom is 0.336 e. The molecule has 31 heavy (non-hydrogen) atoms. The molecule has 5 rings (SSSR count). The highest BCUT2D eigenvalue weighted by atomic mass is 16.7. The van der Waals surface area contributed by atoms with Gasteiger partial charge in [0, 0.05) is 22.6 Å². The van der Waals surface area contributed by atoms with Crippen molar-refractivity contribution in [3.63, 3.8) is 0 Å². The Bertz CT molecular complexity index is 1150. The number of nitrogens with one attached hydrogen (secondary N) is 2. The van der Waals surface area contributed by atoms with E-state index in [9.17, 15) is 4.79 Å². The van der Waals surface area contributed by atoms with E-state index in [0.717, 1.165) is 61.7 Å². The minimum atomic E-state index is -0.258. The Morgan fingerprint density at radius 3 is 2.39 bits per heavy atom. The van der Waals surface area contributed by atoms with Gasteiger partial charge in [0.2, 0.25) is 6.79 Å². The quantitative estimate of drug-likeness (QED) is 0.606. The van der Waals surface area contributed by atoms with Crippen molar-refractivity contribution in [3.8, 4) is 11.5 Å². The summed E-state index contributed by atoms with van der Waals surface area (Å²) in [5, 5.41) is 1.08. The number of fused-ring (bicyclic) bond motifs is 2. The van der Waals surface area contributed by atoms with Crippen molar-refractivity contribution in [2.45, 2.75) is 32.9 Å². The monoisotopic (exact) mass is 422 g/mol. The Labute approximate surface area is 182 Å². The molecule has 0 radical (unpaired) electrons. The number of benzene rings is 2. The van der Waals surface area contributed by atoms with Crippen molar-refractivity contribution >= 4 is 11.0 Å². The lowest BCUT2D eigenvalue weighted by molar-refractivity contribution is -1.02. The van der Waals surface area contributed by atoms with Crippen LogP contribution in [-0.4, -0.2) is 33.0 Å². The Morgan fingerprint density at radius 2 is 1.61 bits per heavy atom. The summed E-state index contributed by atoms with van der Waals surface area (Å²) < 4.78 is 16.4. The van der Waals surface area contributed by atoms with Gasteiger partial charge in [0.15, 0.2) is 11.5 Å². The van der Waals surface area contributed by atoms with Gasteiger partial charge < -0.3 is 23.7 Å². The van der Waals surface area contributed by atoms with Crippen LogP contribution in [0.25, 0.3) is 11.0 Å². The summed E-state index contributed by atoms with van der Waals surface area (Å²) in [6.07, 6.45) is 0. The summed E-state index contributed by atoms with van der Waals surface area (Å²) in [5.74, 6) is 2.14. The van der Waals surface area contributed by atoms with Gasteiger partial charge in [-0.05, 0) is 41.8 Å². The van der Waals surface area contributed by atoms with E-state index in [1.54, 1.807) is 11.0 Å². The molecular formula is C25H30N2O4+2. The molecule has 6 nitrogen and oxygen atoms in total. The highest BCUT2D eigenvalue weighted by molar-refractivity contribution is 5.81. The first-order chi connectivity index (χ1) is 15.0. The molecule has 0 spiro atoms. The average Bonchev–Trinajstić information content (AvgIpc) is 3.22. The van der Waals surface area contributed by atoms with Crippen LogP contribution in [0.15, 0.2) is 51.7 Å². The minimum absolute atomic E-state index is 0.258. The molecule has 2 aliphatic rings. The van der Waals surface area contributed by atoms with E-state index >= 15 is 0 Å².